The molecule has 0 spiro atoms. The number of carbonyl (C=O) groups excluding carboxylic acids is 4. The summed E-state index contributed by atoms with van der Waals surface area (Å²) in [4.78, 5) is 70.9. The molecule has 4 heterocycles. The van der Waals surface area contributed by atoms with Gasteiger partial charge in [0.1, 0.15) is 11.6 Å². The number of carbonyl (C=O) groups is 4. The fourth-order valence-corrected chi connectivity index (χ4v) is 8.88. The number of aromatic amines is 2. The van der Waals surface area contributed by atoms with E-state index in [1.807, 2.05) is 30.5 Å². The highest BCUT2D eigenvalue weighted by Crippen LogP contribution is 2.42. The molecule has 3 aromatic carbocycles. The second kappa shape index (κ2) is 19.3. The molecule has 8 rings (SSSR count). The molecule has 3 aliphatic rings. The average molecular weight is 845 g/mol. The van der Waals surface area contributed by atoms with Crippen LogP contribution in [0, 0.1) is 0 Å². The zero-order valence-electron chi connectivity index (χ0n) is 34.8. The number of likely N-dealkylation sites (tertiary alicyclic amines) is 2. The van der Waals surface area contributed by atoms with Crippen LogP contribution in [-0.2, 0) is 18.9 Å². The molecular weight excluding hydrogens is 793 g/mol. The van der Waals surface area contributed by atoms with Crippen molar-refractivity contribution in [2.45, 2.75) is 87.7 Å². The highest BCUT2D eigenvalue weighted by atomic mass is 16.6. The number of hydrogen-bond donors (Lipinski definition) is 4. The molecule has 3 fully saturated rings. The number of aromatic nitrogens is 4. The molecule has 4 amide bonds. The predicted octanol–water partition coefficient (Wildman–Crippen LogP) is 8.90. The van der Waals surface area contributed by atoms with Crippen molar-refractivity contribution in [3.63, 3.8) is 0 Å². The number of amides is 4. The lowest BCUT2D eigenvalue weighted by Gasteiger charge is -2.28. The zero-order chi connectivity index (χ0) is 43.0. The second-order valence-corrected chi connectivity index (χ2v) is 15.9. The third-order valence-corrected chi connectivity index (χ3v) is 12.2. The summed E-state index contributed by atoms with van der Waals surface area (Å²) in [7, 11) is 2.52. The molecule has 62 heavy (non-hydrogen) atoms. The Labute approximate surface area is 359 Å². The van der Waals surface area contributed by atoms with E-state index in [2.05, 4.69) is 49.9 Å². The van der Waals surface area contributed by atoms with E-state index in [9.17, 15) is 19.2 Å². The third-order valence-electron chi connectivity index (χ3n) is 12.2. The molecule has 2 saturated heterocycles. The Kier molecular flexibility index (Phi) is 13.0. The fourth-order valence-electron chi connectivity index (χ4n) is 8.88. The van der Waals surface area contributed by atoms with Crippen molar-refractivity contribution in [1.29, 1.82) is 0 Å². The molecule has 0 bridgehead atoms. The van der Waals surface area contributed by atoms with Crippen LogP contribution in [0.1, 0.15) is 122 Å². The van der Waals surface area contributed by atoms with E-state index in [-0.39, 0.29) is 12.1 Å². The maximum absolute atomic E-state index is 13.5. The van der Waals surface area contributed by atoms with E-state index in [0.29, 0.717) is 41.9 Å². The van der Waals surface area contributed by atoms with E-state index >= 15 is 0 Å². The van der Waals surface area contributed by atoms with Gasteiger partial charge in [-0.3, -0.25) is 20.4 Å². The van der Waals surface area contributed by atoms with Crippen molar-refractivity contribution in [1.82, 2.24) is 40.4 Å². The second-order valence-electron chi connectivity index (χ2n) is 15.9. The highest BCUT2D eigenvalue weighted by Gasteiger charge is 2.37. The first-order valence-electron chi connectivity index (χ1n) is 21.2. The van der Waals surface area contributed by atoms with E-state index in [0.717, 1.165) is 74.1 Å². The molecule has 1 saturated carbocycles. The molecule has 1 aliphatic carbocycles. The number of imidazole rings is 2. The molecule has 5 aromatic rings. The van der Waals surface area contributed by atoms with Crippen LogP contribution in [0.25, 0.3) is 11.3 Å². The lowest BCUT2D eigenvalue weighted by atomic mass is 9.77. The number of nitrogens with one attached hydrogen (secondary N) is 4. The standard InChI is InChI=1S/C46H52N8O8/c1-59-43(55)51-41(33-11-5-3-6-12-33)61-45(57)53-25-9-15-37(53)39-47-27-35(49-39)31-21-17-29(18-22-31)30-19-23-32(24-20-30)36-28-48-40(50-36)38-16-10-26-54(38)46(58)62-42(52-44(56)60-2)34-13-7-4-8-14-34/h3-8,11-14,17-18,21-22,27-28,30,32,37-38,41-42H,9-10,15-16,19-20,23-26H2,1-2H3,(H,47,49)(H,48,50)(H,51,55)(H,52,56)/t30?,32?,37-,38+,41-,42+/m1/s1. The summed E-state index contributed by atoms with van der Waals surface area (Å²) >= 11 is 0. The third kappa shape index (κ3) is 9.54. The van der Waals surface area contributed by atoms with Gasteiger partial charge in [-0.1, -0.05) is 84.9 Å². The largest absolute Gasteiger partial charge is 0.453 e. The van der Waals surface area contributed by atoms with Gasteiger partial charge >= 0.3 is 24.4 Å². The maximum atomic E-state index is 13.5. The topological polar surface area (TPSA) is 193 Å². The van der Waals surface area contributed by atoms with Gasteiger partial charge in [-0.2, -0.15) is 0 Å². The number of benzene rings is 3. The summed E-state index contributed by atoms with van der Waals surface area (Å²) < 4.78 is 21.2. The van der Waals surface area contributed by atoms with Gasteiger partial charge in [0.15, 0.2) is 0 Å². The van der Waals surface area contributed by atoms with Crippen molar-refractivity contribution >= 4 is 24.4 Å². The normalized spacial score (nSPS) is 20.8. The Morgan fingerprint density at radius 1 is 0.613 bits per heavy atom. The van der Waals surface area contributed by atoms with Gasteiger partial charge in [-0.15, -0.1) is 0 Å². The van der Waals surface area contributed by atoms with Crippen molar-refractivity contribution in [3.8, 4) is 11.3 Å². The number of ether oxygens (including phenoxy) is 4. The smallest absolute Gasteiger partial charge is 0.412 e. The minimum absolute atomic E-state index is 0.255. The van der Waals surface area contributed by atoms with Gasteiger partial charge in [0.2, 0.25) is 12.5 Å². The molecule has 0 radical (unpaired) electrons. The number of alkyl carbamates (subject to hydrolysis) is 2. The molecule has 4 atom stereocenters. The summed E-state index contributed by atoms with van der Waals surface area (Å²) in [5.74, 6) is 2.20. The predicted molar refractivity (Wildman–Crippen MR) is 226 cm³/mol. The minimum Gasteiger partial charge on any atom is -0.453 e. The monoisotopic (exact) mass is 844 g/mol. The molecule has 2 aromatic heterocycles. The Balaban J connectivity index is 0.849. The van der Waals surface area contributed by atoms with Crippen LogP contribution in [0.5, 0.6) is 0 Å². The molecule has 2 aliphatic heterocycles. The van der Waals surface area contributed by atoms with E-state index in [1.54, 1.807) is 52.4 Å². The number of hydrogen-bond acceptors (Lipinski definition) is 10. The zero-order valence-corrected chi connectivity index (χ0v) is 34.8. The summed E-state index contributed by atoms with van der Waals surface area (Å²) in [6, 6.07) is 26.1. The minimum atomic E-state index is -1.01. The van der Waals surface area contributed by atoms with Crippen LogP contribution in [0.3, 0.4) is 0 Å². The fraction of sp³-hybridized carbons (Fsp3) is 0.391. The summed E-state index contributed by atoms with van der Waals surface area (Å²) in [5, 5.41) is 5.21. The van der Waals surface area contributed by atoms with Crippen LogP contribution < -0.4 is 10.6 Å². The molecule has 0 unspecified atom stereocenters. The van der Waals surface area contributed by atoms with Gasteiger partial charge in [-0.05, 0) is 68.4 Å². The highest BCUT2D eigenvalue weighted by molar-refractivity contribution is 5.72. The van der Waals surface area contributed by atoms with Crippen molar-refractivity contribution in [3.05, 3.63) is 131 Å². The van der Waals surface area contributed by atoms with Crippen LogP contribution in [-0.4, -0.2) is 81.4 Å². The number of H-pyrrole nitrogens is 2. The Bertz CT molecular complexity index is 2290. The number of nitrogens with zero attached hydrogens (tertiary/aromatic N) is 4. The van der Waals surface area contributed by atoms with Gasteiger partial charge in [0.25, 0.3) is 0 Å². The Morgan fingerprint density at radius 3 is 1.61 bits per heavy atom. The molecule has 4 N–H and O–H groups in total. The lowest BCUT2D eigenvalue weighted by molar-refractivity contribution is 0.0404. The van der Waals surface area contributed by atoms with Gasteiger partial charge in [-0.25, -0.2) is 29.1 Å². The SMILES string of the molecule is COC(=O)N[C@H](OC(=O)N1CCC[C@@H]1c1ncc(-c2ccc(C3CCC(c4cnc([C@@H]5CCCN5C(=O)O[C@H](NC(=O)OC)c5ccccc5)[nH]4)CC3)cc2)[nH]1)c1ccccc1. The Hall–Kier alpha value is -6.84. The Morgan fingerprint density at radius 2 is 1.10 bits per heavy atom. The summed E-state index contributed by atoms with van der Waals surface area (Å²) in [6.45, 7) is 1.03. The number of rotatable bonds is 11. The average Bonchev–Trinajstić information content (AvgIpc) is 4.17. The molecular formula is C46H52N8O8. The quantitative estimate of drug-likeness (QED) is 0.0737. The van der Waals surface area contributed by atoms with Crippen LogP contribution >= 0.6 is 0 Å². The molecule has 16 nitrogen and oxygen atoms in total. The first-order chi connectivity index (χ1) is 30.3. The van der Waals surface area contributed by atoms with Crippen LogP contribution in [0.4, 0.5) is 19.2 Å². The molecule has 16 heteroatoms. The summed E-state index contributed by atoms with van der Waals surface area (Å²) in [6.07, 6.45) is 6.42. The lowest BCUT2D eigenvalue weighted by Crippen LogP contribution is -2.37. The van der Waals surface area contributed by atoms with Crippen molar-refractivity contribution in [2.75, 3.05) is 27.3 Å². The van der Waals surface area contributed by atoms with E-state index in [1.165, 1.54) is 19.8 Å². The maximum Gasteiger partial charge on any atom is 0.412 e. The van der Waals surface area contributed by atoms with Gasteiger partial charge in [0, 0.05) is 42.0 Å². The van der Waals surface area contributed by atoms with Gasteiger partial charge in [0.05, 0.1) is 38.2 Å². The number of methoxy groups -OCH3 is 2. The van der Waals surface area contributed by atoms with Crippen molar-refractivity contribution < 1.29 is 38.1 Å². The van der Waals surface area contributed by atoms with E-state index < -0.39 is 36.8 Å². The van der Waals surface area contributed by atoms with Crippen LogP contribution in [0.2, 0.25) is 0 Å². The molecule has 324 valence electrons. The first-order valence-corrected chi connectivity index (χ1v) is 21.2. The summed E-state index contributed by atoms with van der Waals surface area (Å²) in [5.41, 5.74) is 5.49. The van der Waals surface area contributed by atoms with Crippen molar-refractivity contribution in [2.24, 2.45) is 0 Å². The first kappa shape index (κ1) is 41.9. The van der Waals surface area contributed by atoms with E-state index in [4.69, 9.17) is 23.9 Å². The van der Waals surface area contributed by atoms with Crippen LogP contribution in [0.15, 0.2) is 97.3 Å². The van der Waals surface area contributed by atoms with Gasteiger partial charge < -0.3 is 28.9 Å².